The van der Waals surface area contributed by atoms with Crippen molar-refractivity contribution in [2.75, 3.05) is 14.2 Å². The maximum atomic E-state index is 5.30. The van der Waals surface area contributed by atoms with Crippen molar-refractivity contribution in [3.63, 3.8) is 0 Å². The Kier molecular flexibility index (Phi) is 4.92. The van der Waals surface area contributed by atoms with E-state index in [2.05, 4.69) is 52.8 Å². The molecule has 102 valence electrons. The molecule has 2 aromatic rings. The predicted molar refractivity (Wildman–Crippen MR) is 84.0 cm³/mol. The summed E-state index contributed by atoms with van der Waals surface area (Å²) >= 11 is 10.3. The molecule has 19 heavy (non-hydrogen) atoms. The summed E-state index contributed by atoms with van der Waals surface area (Å²) < 4.78 is 14.9. The number of hydrogen-bond donors (Lipinski definition) is 0. The van der Waals surface area contributed by atoms with Crippen molar-refractivity contribution < 1.29 is 9.47 Å². The topological polar surface area (TPSA) is 36.3 Å². The summed E-state index contributed by atoms with van der Waals surface area (Å²) in [5.74, 6) is 1.43. The summed E-state index contributed by atoms with van der Waals surface area (Å²) in [5.41, 5.74) is 1.09. The Balaban J connectivity index is 2.33. The Hall–Kier alpha value is -0.530. The molecule has 1 aromatic carbocycles. The van der Waals surface area contributed by atoms with Gasteiger partial charge in [0.2, 0.25) is 0 Å². The van der Waals surface area contributed by atoms with Crippen LogP contribution in [0.15, 0.2) is 32.1 Å². The summed E-state index contributed by atoms with van der Waals surface area (Å²) in [4.78, 5) is 4.28. The van der Waals surface area contributed by atoms with Gasteiger partial charge in [-0.25, -0.2) is 4.98 Å². The zero-order chi connectivity index (χ0) is 14.0. The second-order valence-corrected chi connectivity index (χ2v) is 5.95. The molecule has 0 saturated carbocycles. The van der Waals surface area contributed by atoms with Gasteiger partial charge in [0.15, 0.2) is 16.2 Å². The Labute approximate surface area is 136 Å². The molecule has 0 spiro atoms. The molecule has 4 nitrogen and oxygen atoms in total. The Morgan fingerprint density at radius 1 is 1.11 bits per heavy atom. The lowest BCUT2D eigenvalue weighted by Gasteiger charge is -2.11. The average molecular weight is 455 g/mol. The fourth-order valence-electron chi connectivity index (χ4n) is 1.68. The van der Waals surface area contributed by atoms with E-state index < -0.39 is 0 Å². The number of methoxy groups -OCH3 is 2. The highest BCUT2D eigenvalue weighted by Gasteiger charge is 2.12. The molecule has 0 unspecified atom stereocenters. The number of ether oxygens (including phenoxy) is 2. The van der Waals surface area contributed by atoms with Gasteiger partial charge in [-0.2, -0.15) is 0 Å². The van der Waals surface area contributed by atoms with Gasteiger partial charge in [-0.3, -0.25) is 0 Å². The van der Waals surface area contributed by atoms with Gasteiger partial charge < -0.3 is 14.0 Å². The van der Waals surface area contributed by atoms with E-state index in [1.165, 1.54) is 0 Å². The van der Waals surface area contributed by atoms with Crippen LogP contribution in [-0.2, 0) is 6.54 Å². The summed E-state index contributed by atoms with van der Waals surface area (Å²) in [7, 11) is 3.25. The molecular formula is C12H11Br3N2O2. The first-order chi connectivity index (χ1) is 9.06. The number of hydrogen-bond acceptors (Lipinski definition) is 3. The molecular weight excluding hydrogens is 444 g/mol. The molecule has 0 aliphatic heterocycles. The Bertz CT molecular complexity index is 599. The molecule has 0 amide bonds. The smallest absolute Gasteiger partial charge is 0.179 e. The van der Waals surface area contributed by atoms with Crippen LogP contribution in [-0.4, -0.2) is 23.8 Å². The van der Waals surface area contributed by atoms with Gasteiger partial charge in [0, 0.05) is 0 Å². The summed E-state index contributed by atoms with van der Waals surface area (Å²) in [6, 6.07) is 5.84. The molecule has 2 rings (SSSR count). The van der Waals surface area contributed by atoms with Crippen LogP contribution in [0.4, 0.5) is 0 Å². The van der Waals surface area contributed by atoms with Crippen molar-refractivity contribution in [3.05, 3.63) is 37.7 Å². The lowest BCUT2D eigenvalue weighted by Crippen LogP contribution is -2.01. The van der Waals surface area contributed by atoms with Crippen molar-refractivity contribution >= 4 is 47.8 Å². The lowest BCUT2D eigenvalue weighted by molar-refractivity contribution is 0.354. The van der Waals surface area contributed by atoms with Gasteiger partial charge in [-0.1, -0.05) is 6.07 Å². The molecule has 0 atom stereocenters. The molecule has 7 heteroatoms. The molecule has 0 radical (unpaired) electrons. The third-order valence-corrected chi connectivity index (χ3v) is 5.10. The van der Waals surface area contributed by atoms with Crippen LogP contribution < -0.4 is 9.47 Å². The van der Waals surface area contributed by atoms with E-state index in [0.29, 0.717) is 12.3 Å². The number of benzene rings is 1. The molecule has 0 aliphatic carbocycles. The van der Waals surface area contributed by atoms with Gasteiger partial charge in [-0.15, -0.1) is 0 Å². The molecule has 0 N–H and O–H groups in total. The van der Waals surface area contributed by atoms with Crippen molar-refractivity contribution in [1.82, 2.24) is 9.55 Å². The van der Waals surface area contributed by atoms with Crippen molar-refractivity contribution in [2.45, 2.75) is 6.54 Å². The SMILES string of the molecule is COc1ccc(Cn2c(Br)nc(Br)c2Br)cc1OC. The highest BCUT2D eigenvalue weighted by atomic mass is 79.9. The fourth-order valence-corrected chi connectivity index (χ4v) is 3.40. The second kappa shape index (κ2) is 6.28. The normalized spacial score (nSPS) is 10.6. The van der Waals surface area contributed by atoms with Gasteiger partial charge in [0.1, 0.15) is 9.21 Å². The maximum Gasteiger partial charge on any atom is 0.179 e. The average Bonchev–Trinajstić information content (AvgIpc) is 2.65. The monoisotopic (exact) mass is 452 g/mol. The van der Waals surface area contributed by atoms with Crippen LogP contribution in [0.2, 0.25) is 0 Å². The van der Waals surface area contributed by atoms with E-state index in [0.717, 1.165) is 25.3 Å². The molecule has 0 saturated heterocycles. The van der Waals surface area contributed by atoms with E-state index in [-0.39, 0.29) is 0 Å². The van der Waals surface area contributed by atoms with Gasteiger partial charge in [-0.05, 0) is 65.5 Å². The standard InChI is InChI=1S/C12H11Br3N2O2/c1-18-8-4-3-7(5-9(8)19-2)6-17-11(14)10(13)16-12(17)15/h3-5H,6H2,1-2H3. The van der Waals surface area contributed by atoms with Gasteiger partial charge >= 0.3 is 0 Å². The lowest BCUT2D eigenvalue weighted by atomic mass is 10.2. The zero-order valence-electron chi connectivity index (χ0n) is 10.3. The van der Waals surface area contributed by atoms with Crippen LogP contribution in [0.25, 0.3) is 0 Å². The summed E-state index contributed by atoms with van der Waals surface area (Å²) in [5, 5.41) is 0. The minimum absolute atomic E-state index is 0.667. The van der Waals surface area contributed by atoms with Crippen LogP contribution in [0.5, 0.6) is 11.5 Å². The quantitative estimate of drug-likeness (QED) is 0.693. The van der Waals surface area contributed by atoms with E-state index in [1.807, 2.05) is 22.8 Å². The van der Waals surface area contributed by atoms with E-state index >= 15 is 0 Å². The van der Waals surface area contributed by atoms with Crippen molar-refractivity contribution in [1.29, 1.82) is 0 Å². The van der Waals surface area contributed by atoms with E-state index in [4.69, 9.17) is 9.47 Å². The minimum Gasteiger partial charge on any atom is -0.493 e. The molecule has 0 aliphatic rings. The molecule has 0 fully saturated rings. The van der Waals surface area contributed by atoms with E-state index in [1.54, 1.807) is 14.2 Å². The Morgan fingerprint density at radius 2 is 1.79 bits per heavy atom. The molecule has 1 aromatic heterocycles. The molecule has 0 bridgehead atoms. The zero-order valence-corrected chi connectivity index (χ0v) is 15.0. The first-order valence-electron chi connectivity index (χ1n) is 5.34. The second-order valence-electron chi connectivity index (χ2n) is 3.74. The minimum atomic E-state index is 0.667. The third kappa shape index (κ3) is 3.14. The van der Waals surface area contributed by atoms with Crippen molar-refractivity contribution in [3.8, 4) is 11.5 Å². The van der Waals surface area contributed by atoms with Crippen LogP contribution in [0, 0.1) is 0 Å². The van der Waals surface area contributed by atoms with Crippen LogP contribution in [0.1, 0.15) is 5.56 Å². The molecule has 1 heterocycles. The number of aromatic nitrogens is 2. The van der Waals surface area contributed by atoms with E-state index in [9.17, 15) is 0 Å². The number of imidazole rings is 1. The largest absolute Gasteiger partial charge is 0.493 e. The fraction of sp³-hybridized carbons (Fsp3) is 0.250. The highest BCUT2D eigenvalue weighted by molar-refractivity contribution is 9.13. The highest BCUT2D eigenvalue weighted by Crippen LogP contribution is 2.31. The summed E-state index contributed by atoms with van der Waals surface area (Å²) in [6.07, 6.45) is 0. The van der Waals surface area contributed by atoms with Crippen molar-refractivity contribution in [2.24, 2.45) is 0 Å². The van der Waals surface area contributed by atoms with Crippen LogP contribution >= 0.6 is 47.8 Å². The maximum absolute atomic E-state index is 5.30. The van der Waals surface area contributed by atoms with Gasteiger partial charge in [0.05, 0.1) is 20.8 Å². The number of nitrogens with zero attached hydrogens (tertiary/aromatic N) is 2. The first kappa shape index (κ1) is 14.9. The Morgan fingerprint density at radius 3 is 2.32 bits per heavy atom. The predicted octanol–water partition coefficient (Wildman–Crippen LogP) is 4.24. The number of halogens is 3. The number of rotatable bonds is 4. The summed E-state index contributed by atoms with van der Waals surface area (Å²) in [6.45, 7) is 0.667. The third-order valence-electron chi connectivity index (χ3n) is 2.61. The van der Waals surface area contributed by atoms with Gasteiger partial charge in [0.25, 0.3) is 0 Å². The van der Waals surface area contributed by atoms with Crippen LogP contribution in [0.3, 0.4) is 0 Å². The first-order valence-corrected chi connectivity index (χ1v) is 7.72.